The summed E-state index contributed by atoms with van der Waals surface area (Å²) in [6.45, 7) is 1.53. The van der Waals surface area contributed by atoms with Crippen LogP contribution in [0.15, 0.2) is 64.8 Å². The molecule has 0 spiro atoms. The van der Waals surface area contributed by atoms with E-state index in [0.717, 1.165) is 17.0 Å². The van der Waals surface area contributed by atoms with Crippen LogP contribution in [-0.4, -0.2) is 59.5 Å². The van der Waals surface area contributed by atoms with Gasteiger partial charge in [0.05, 0.1) is 34.5 Å². The van der Waals surface area contributed by atoms with Gasteiger partial charge in [-0.15, -0.1) is 0 Å². The summed E-state index contributed by atoms with van der Waals surface area (Å²) in [6, 6.07) is 6.71. The zero-order valence-corrected chi connectivity index (χ0v) is 25.2. The Morgan fingerprint density at radius 3 is 2.24 bits per heavy atom. The summed E-state index contributed by atoms with van der Waals surface area (Å²) in [5, 5.41) is 35.2. The van der Waals surface area contributed by atoms with Crippen LogP contribution in [0.2, 0.25) is 0 Å². The van der Waals surface area contributed by atoms with Crippen molar-refractivity contribution in [2.75, 3.05) is 31.0 Å². The number of methoxy groups -OCH3 is 1. The van der Waals surface area contributed by atoms with Crippen LogP contribution in [0.4, 0.5) is 22.7 Å². The Morgan fingerprint density at radius 1 is 1.00 bits per heavy atom. The maximum Gasteiger partial charge on any atom is 0.301 e. The van der Waals surface area contributed by atoms with E-state index in [0.29, 0.717) is 5.57 Å². The Bertz CT molecular complexity index is 1870. The van der Waals surface area contributed by atoms with Gasteiger partial charge in [-0.1, -0.05) is 23.8 Å². The fourth-order valence-electron chi connectivity index (χ4n) is 7.36. The molecule has 1 aliphatic heterocycles. The lowest BCUT2D eigenvalue weighted by molar-refractivity contribution is -0.392. The van der Waals surface area contributed by atoms with Gasteiger partial charge in [0.15, 0.2) is 28.8 Å². The number of rotatable bonds is 6. The molecule has 0 saturated carbocycles. The van der Waals surface area contributed by atoms with Crippen molar-refractivity contribution in [3.05, 3.63) is 90.6 Å². The van der Waals surface area contributed by atoms with Crippen LogP contribution in [0.5, 0.6) is 11.5 Å². The van der Waals surface area contributed by atoms with Crippen molar-refractivity contribution in [2.24, 2.45) is 17.8 Å². The third-order valence-corrected chi connectivity index (χ3v) is 9.28. The minimum Gasteiger partial charge on any atom is -0.504 e. The standard InChI is InChI=1S/C32H28N4O10/c1-14-10-23(37)20-13-19-16(25(27(20)29(14)38)17-6-5-7-24(46-4)30(17)39)8-9-18-26(19)32(41)34(31(18)40)15-11-21(35(42)43)28(33(2)3)22(12-15)36(44)45/h5-8,10-12,18-19,25-26,39H,9,13H2,1-4H3/t18-,19+,25+,26-/m0/s1. The van der Waals surface area contributed by atoms with Gasteiger partial charge in [-0.2, -0.15) is 0 Å². The molecule has 14 heteroatoms. The number of phenols is 1. The number of ether oxygens (including phenoxy) is 1. The molecule has 1 saturated heterocycles. The first-order valence-electron chi connectivity index (χ1n) is 14.4. The Morgan fingerprint density at radius 2 is 1.65 bits per heavy atom. The number of amides is 2. The molecule has 14 nitrogen and oxygen atoms in total. The second-order valence-electron chi connectivity index (χ2n) is 11.9. The van der Waals surface area contributed by atoms with Crippen molar-refractivity contribution in [1.29, 1.82) is 0 Å². The first kappa shape index (κ1) is 30.4. The molecule has 2 amide bonds. The van der Waals surface area contributed by atoms with Gasteiger partial charge in [-0.3, -0.25) is 39.4 Å². The molecule has 236 valence electrons. The van der Waals surface area contributed by atoms with E-state index < -0.39 is 62.5 Å². The molecule has 0 bridgehead atoms. The monoisotopic (exact) mass is 628 g/mol. The van der Waals surface area contributed by atoms with Crippen LogP contribution in [0.3, 0.4) is 0 Å². The molecule has 1 N–H and O–H groups in total. The van der Waals surface area contributed by atoms with Crippen molar-refractivity contribution in [3.63, 3.8) is 0 Å². The third kappa shape index (κ3) is 4.31. The first-order valence-corrected chi connectivity index (χ1v) is 14.4. The normalized spacial score (nSPS) is 23.8. The van der Waals surface area contributed by atoms with Crippen molar-refractivity contribution < 1.29 is 38.9 Å². The van der Waals surface area contributed by atoms with Crippen molar-refractivity contribution >= 4 is 46.1 Å². The van der Waals surface area contributed by atoms with Gasteiger partial charge in [-0.25, -0.2) is 4.90 Å². The molecule has 4 atom stereocenters. The number of fused-ring (bicyclic) bond motifs is 3. The number of phenolic OH excluding ortho intramolecular Hbond substituents is 1. The number of para-hydroxylation sites is 1. The van der Waals surface area contributed by atoms with Gasteiger partial charge in [0, 0.05) is 54.4 Å². The van der Waals surface area contributed by atoms with Crippen LogP contribution in [0, 0.1) is 38.0 Å². The average Bonchev–Trinajstić information content (AvgIpc) is 3.27. The zero-order chi connectivity index (χ0) is 33.4. The summed E-state index contributed by atoms with van der Waals surface area (Å²) in [5.41, 5.74) is -0.466. The fraction of sp³-hybridized carbons (Fsp3) is 0.312. The average molecular weight is 629 g/mol. The Kier molecular flexibility index (Phi) is 7.10. The summed E-state index contributed by atoms with van der Waals surface area (Å²) in [5.74, 6) is -5.97. The van der Waals surface area contributed by atoms with E-state index in [1.807, 2.05) is 0 Å². The molecular weight excluding hydrogens is 600 g/mol. The van der Waals surface area contributed by atoms with Gasteiger partial charge in [0.25, 0.3) is 0 Å². The maximum absolute atomic E-state index is 14.2. The number of carbonyl (C=O) groups excluding carboxylic acids is 4. The molecule has 6 rings (SSSR count). The van der Waals surface area contributed by atoms with Gasteiger partial charge in [0.1, 0.15) is 0 Å². The molecule has 2 aromatic carbocycles. The van der Waals surface area contributed by atoms with Crippen molar-refractivity contribution in [1.82, 2.24) is 0 Å². The number of allylic oxidation sites excluding steroid dienone is 6. The number of carbonyl (C=O) groups is 4. The van der Waals surface area contributed by atoms with E-state index in [4.69, 9.17) is 4.74 Å². The Balaban J connectivity index is 1.50. The lowest BCUT2D eigenvalue weighted by Crippen LogP contribution is -2.39. The summed E-state index contributed by atoms with van der Waals surface area (Å²) in [7, 11) is 4.18. The second kappa shape index (κ2) is 10.8. The van der Waals surface area contributed by atoms with Crippen LogP contribution in [-0.2, 0) is 19.2 Å². The number of imide groups is 1. The van der Waals surface area contributed by atoms with Gasteiger partial charge in [-0.05, 0) is 37.8 Å². The summed E-state index contributed by atoms with van der Waals surface area (Å²) in [6.07, 6.45) is 3.00. The fourth-order valence-corrected chi connectivity index (χ4v) is 7.36. The zero-order valence-electron chi connectivity index (χ0n) is 25.2. The maximum atomic E-state index is 14.2. The first-order chi connectivity index (χ1) is 21.8. The van der Waals surface area contributed by atoms with Gasteiger partial charge >= 0.3 is 11.4 Å². The summed E-state index contributed by atoms with van der Waals surface area (Å²) < 4.78 is 5.30. The number of hydrogen-bond donors (Lipinski definition) is 1. The van der Waals surface area contributed by atoms with Crippen molar-refractivity contribution in [3.8, 4) is 11.5 Å². The number of hydrogen-bond acceptors (Lipinski definition) is 11. The number of nitrogens with zero attached hydrogens (tertiary/aromatic N) is 4. The molecule has 2 aromatic rings. The van der Waals surface area contributed by atoms with E-state index in [-0.39, 0.29) is 63.8 Å². The van der Waals surface area contributed by atoms with Crippen molar-refractivity contribution in [2.45, 2.75) is 25.7 Å². The smallest absolute Gasteiger partial charge is 0.301 e. The highest BCUT2D eigenvalue weighted by atomic mass is 16.6. The highest BCUT2D eigenvalue weighted by Gasteiger charge is 2.57. The number of Topliss-reactive ketones (excluding diaryl/α,β-unsaturated/α-hetero) is 1. The quantitative estimate of drug-likeness (QED) is 0.160. The minimum atomic E-state index is -1.04. The van der Waals surface area contributed by atoms with Crippen LogP contribution < -0.4 is 14.5 Å². The van der Waals surface area contributed by atoms with Crippen LogP contribution in [0.25, 0.3) is 0 Å². The predicted octanol–water partition coefficient (Wildman–Crippen LogP) is 3.92. The van der Waals surface area contributed by atoms with Crippen LogP contribution in [0.1, 0.15) is 31.2 Å². The molecule has 3 aliphatic carbocycles. The number of nitro benzene ring substituents is 2. The van der Waals surface area contributed by atoms with E-state index in [1.54, 1.807) is 18.2 Å². The van der Waals surface area contributed by atoms with E-state index in [1.165, 1.54) is 45.2 Å². The molecule has 1 fully saturated rings. The number of benzene rings is 2. The van der Waals surface area contributed by atoms with E-state index in [9.17, 15) is 44.5 Å². The topological polar surface area (TPSA) is 190 Å². The largest absolute Gasteiger partial charge is 0.504 e. The van der Waals surface area contributed by atoms with Gasteiger partial charge < -0.3 is 14.7 Å². The summed E-state index contributed by atoms with van der Waals surface area (Å²) in [4.78, 5) is 79.4. The van der Waals surface area contributed by atoms with E-state index in [2.05, 4.69) is 0 Å². The minimum absolute atomic E-state index is 0.0371. The van der Waals surface area contributed by atoms with E-state index >= 15 is 0 Å². The van der Waals surface area contributed by atoms with Gasteiger partial charge in [0.2, 0.25) is 11.8 Å². The number of anilines is 2. The molecule has 0 unspecified atom stereocenters. The molecule has 0 aromatic heterocycles. The Labute approximate surface area is 261 Å². The number of nitro groups is 2. The predicted molar refractivity (Wildman–Crippen MR) is 163 cm³/mol. The number of ketones is 2. The SMILES string of the molecule is COc1cccc([C@H]2C3=CC[C@@H]4C(=O)N(c5cc([N+](=O)[O-])c(N(C)C)c([N+](=O)[O-])c5)C(=O)[C@@H]4[C@@H]3CC3=C2C(=O)C(C)=CC3=O)c1O. The highest BCUT2D eigenvalue weighted by Crippen LogP contribution is 2.57. The molecular formula is C32H28N4O10. The molecule has 4 aliphatic rings. The molecule has 1 heterocycles. The highest BCUT2D eigenvalue weighted by molar-refractivity contribution is 6.25. The lowest BCUT2D eigenvalue weighted by Gasteiger charge is -2.42. The van der Waals surface area contributed by atoms with Crippen LogP contribution >= 0.6 is 0 Å². The molecule has 0 radical (unpaired) electrons. The third-order valence-electron chi connectivity index (χ3n) is 9.28. The lowest BCUT2D eigenvalue weighted by atomic mass is 9.59. The second-order valence-corrected chi connectivity index (χ2v) is 11.9. The molecule has 46 heavy (non-hydrogen) atoms. The Hall–Kier alpha value is -5.66. The number of aromatic hydroxyl groups is 1. The summed E-state index contributed by atoms with van der Waals surface area (Å²) >= 11 is 0.